The molecule has 1 aromatic heterocycles. The van der Waals surface area contributed by atoms with Gasteiger partial charge in [-0.15, -0.1) is 0 Å². The van der Waals surface area contributed by atoms with E-state index in [1.54, 1.807) is 24.3 Å². The molecule has 6 nitrogen and oxygen atoms in total. The number of rotatable bonds is 2. The number of nitrogens with one attached hydrogen (secondary N) is 2. The van der Waals surface area contributed by atoms with Crippen LogP contribution in [0.15, 0.2) is 41.2 Å². The predicted molar refractivity (Wildman–Crippen MR) is 73.2 cm³/mol. The number of nitrogens with zero attached hydrogens (tertiary/aromatic N) is 1. The number of aliphatic hydroxyl groups is 1. The second-order valence-corrected chi connectivity index (χ2v) is 3.80. The van der Waals surface area contributed by atoms with Gasteiger partial charge in [-0.2, -0.15) is 5.10 Å². The first-order valence-corrected chi connectivity index (χ1v) is 5.76. The third-order valence-electron chi connectivity index (χ3n) is 2.38. The number of carbonyl (C=O) groups excluding carboxylic acids is 1. The number of hydrogen-bond acceptors (Lipinski definition) is 4. The molecular weight excluding hydrogens is 258 g/mol. The molecule has 6 heteroatoms. The SMILES string of the molecule is O=C(Nc1ccc(=O)[nH]n1)c1ccc(C#CCO)cc1. The maximum Gasteiger partial charge on any atom is 0.264 e. The molecule has 0 aliphatic rings. The molecular formula is C14H11N3O3. The fraction of sp³-hybridized carbons (Fsp3) is 0.0714. The lowest BCUT2D eigenvalue weighted by molar-refractivity contribution is 0.102. The maximum atomic E-state index is 11.9. The maximum absolute atomic E-state index is 11.9. The molecule has 0 unspecified atom stereocenters. The highest BCUT2D eigenvalue weighted by Gasteiger charge is 2.06. The van der Waals surface area contributed by atoms with Crippen molar-refractivity contribution in [3.05, 3.63) is 57.9 Å². The van der Waals surface area contributed by atoms with Crippen LogP contribution in [0.3, 0.4) is 0 Å². The third-order valence-corrected chi connectivity index (χ3v) is 2.38. The van der Waals surface area contributed by atoms with Crippen molar-refractivity contribution < 1.29 is 9.90 Å². The van der Waals surface area contributed by atoms with Gasteiger partial charge in [-0.25, -0.2) is 5.10 Å². The summed E-state index contributed by atoms with van der Waals surface area (Å²) in [6.07, 6.45) is 0. The third kappa shape index (κ3) is 3.54. The number of aromatic nitrogens is 2. The summed E-state index contributed by atoms with van der Waals surface area (Å²) in [7, 11) is 0. The number of anilines is 1. The normalized spacial score (nSPS) is 9.45. The molecule has 100 valence electrons. The molecule has 0 saturated heterocycles. The van der Waals surface area contributed by atoms with Crippen LogP contribution in [-0.4, -0.2) is 27.8 Å². The Morgan fingerprint density at radius 3 is 2.60 bits per heavy atom. The van der Waals surface area contributed by atoms with Crippen LogP contribution in [0.25, 0.3) is 0 Å². The van der Waals surface area contributed by atoms with E-state index in [0.717, 1.165) is 0 Å². The van der Waals surface area contributed by atoms with Crippen molar-refractivity contribution in [2.45, 2.75) is 0 Å². The number of aromatic amines is 1. The summed E-state index contributed by atoms with van der Waals surface area (Å²) < 4.78 is 0. The van der Waals surface area contributed by atoms with Gasteiger partial charge in [0.15, 0.2) is 5.82 Å². The summed E-state index contributed by atoms with van der Waals surface area (Å²) in [6, 6.07) is 9.27. The highest BCUT2D eigenvalue weighted by molar-refractivity contribution is 6.03. The van der Waals surface area contributed by atoms with Gasteiger partial charge in [0, 0.05) is 17.2 Å². The fourth-order valence-corrected chi connectivity index (χ4v) is 1.45. The molecule has 0 bridgehead atoms. The average molecular weight is 269 g/mol. The summed E-state index contributed by atoms with van der Waals surface area (Å²) in [5.41, 5.74) is 0.806. The minimum absolute atomic E-state index is 0.208. The molecule has 0 aliphatic heterocycles. The number of benzene rings is 1. The minimum atomic E-state index is -0.341. The summed E-state index contributed by atoms with van der Waals surface area (Å²) in [4.78, 5) is 22.7. The van der Waals surface area contributed by atoms with Crippen LogP contribution in [0.4, 0.5) is 5.82 Å². The number of amides is 1. The molecule has 0 radical (unpaired) electrons. The summed E-state index contributed by atoms with van der Waals surface area (Å²) in [5, 5.41) is 17.0. The van der Waals surface area contributed by atoms with Crippen molar-refractivity contribution in [3.63, 3.8) is 0 Å². The lowest BCUT2D eigenvalue weighted by Gasteiger charge is -2.03. The zero-order valence-corrected chi connectivity index (χ0v) is 10.4. The predicted octanol–water partition coefficient (Wildman–Crippen LogP) is 0.366. The van der Waals surface area contributed by atoms with E-state index < -0.39 is 0 Å². The van der Waals surface area contributed by atoms with E-state index in [-0.39, 0.29) is 23.9 Å². The van der Waals surface area contributed by atoms with E-state index in [1.165, 1.54) is 12.1 Å². The minimum Gasteiger partial charge on any atom is -0.384 e. The topological polar surface area (TPSA) is 95.1 Å². The monoisotopic (exact) mass is 269 g/mol. The van der Waals surface area contributed by atoms with Gasteiger partial charge >= 0.3 is 0 Å². The number of aliphatic hydroxyl groups excluding tert-OH is 1. The van der Waals surface area contributed by atoms with Crippen LogP contribution < -0.4 is 10.9 Å². The summed E-state index contributed by atoms with van der Waals surface area (Å²) in [5.74, 6) is 5.17. The zero-order chi connectivity index (χ0) is 14.4. The standard InChI is InChI=1S/C14H11N3O3/c18-9-1-2-10-3-5-11(6-4-10)14(20)15-12-7-8-13(19)17-16-12/h3-8,18H,9H2,(H,17,19)(H,15,16,20). The Balaban J connectivity index is 2.09. The summed E-state index contributed by atoms with van der Waals surface area (Å²) in [6.45, 7) is -0.208. The van der Waals surface area contributed by atoms with Crippen LogP contribution in [0.1, 0.15) is 15.9 Å². The average Bonchev–Trinajstić information content (AvgIpc) is 2.48. The molecule has 1 amide bonds. The second kappa shape index (κ2) is 6.31. The largest absolute Gasteiger partial charge is 0.384 e. The molecule has 0 saturated carbocycles. The second-order valence-electron chi connectivity index (χ2n) is 3.80. The lowest BCUT2D eigenvalue weighted by atomic mass is 10.1. The van der Waals surface area contributed by atoms with Crippen molar-refractivity contribution in [2.24, 2.45) is 0 Å². The molecule has 1 aromatic carbocycles. The zero-order valence-electron chi connectivity index (χ0n) is 10.4. The molecule has 2 rings (SSSR count). The van der Waals surface area contributed by atoms with E-state index >= 15 is 0 Å². The van der Waals surface area contributed by atoms with Crippen LogP contribution in [0.5, 0.6) is 0 Å². The quantitative estimate of drug-likeness (QED) is 0.686. The van der Waals surface area contributed by atoms with Gasteiger partial charge in [-0.3, -0.25) is 9.59 Å². The first-order valence-electron chi connectivity index (χ1n) is 5.76. The van der Waals surface area contributed by atoms with Gasteiger partial charge < -0.3 is 10.4 Å². The Morgan fingerprint density at radius 1 is 1.25 bits per heavy atom. The van der Waals surface area contributed by atoms with Gasteiger partial charge in [0.05, 0.1) is 0 Å². The summed E-state index contributed by atoms with van der Waals surface area (Å²) >= 11 is 0. The Labute approximate surface area is 114 Å². The Hall–Kier alpha value is -2.91. The van der Waals surface area contributed by atoms with Crippen molar-refractivity contribution in [2.75, 3.05) is 11.9 Å². The van der Waals surface area contributed by atoms with E-state index in [9.17, 15) is 9.59 Å². The number of H-pyrrole nitrogens is 1. The molecule has 0 fully saturated rings. The van der Waals surface area contributed by atoms with E-state index in [0.29, 0.717) is 11.1 Å². The van der Waals surface area contributed by atoms with Crippen LogP contribution in [0, 0.1) is 11.8 Å². The fourth-order valence-electron chi connectivity index (χ4n) is 1.45. The molecule has 1 heterocycles. The van der Waals surface area contributed by atoms with Gasteiger partial charge in [-0.05, 0) is 30.3 Å². The lowest BCUT2D eigenvalue weighted by Crippen LogP contribution is -2.15. The Bertz CT molecular complexity index is 703. The Morgan fingerprint density at radius 2 is 2.00 bits per heavy atom. The van der Waals surface area contributed by atoms with Gasteiger partial charge in [0.2, 0.25) is 0 Å². The van der Waals surface area contributed by atoms with Crippen molar-refractivity contribution in [3.8, 4) is 11.8 Å². The molecule has 3 N–H and O–H groups in total. The van der Waals surface area contributed by atoms with E-state index in [2.05, 4.69) is 27.4 Å². The highest BCUT2D eigenvalue weighted by atomic mass is 16.2. The molecule has 20 heavy (non-hydrogen) atoms. The van der Waals surface area contributed by atoms with Gasteiger partial charge in [0.1, 0.15) is 6.61 Å². The van der Waals surface area contributed by atoms with Crippen LogP contribution in [0.2, 0.25) is 0 Å². The molecule has 0 atom stereocenters. The van der Waals surface area contributed by atoms with Crippen LogP contribution >= 0.6 is 0 Å². The van der Waals surface area contributed by atoms with Crippen molar-refractivity contribution in [1.82, 2.24) is 10.2 Å². The highest BCUT2D eigenvalue weighted by Crippen LogP contribution is 2.06. The van der Waals surface area contributed by atoms with Gasteiger partial charge in [-0.1, -0.05) is 11.8 Å². The van der Waals surface area contributed by atoms with Crippen molar-refractivity contribution >= 4 is 11.7 Å². The van der Waals surface area contributed by atoms with E-state index in [1.807, 2.05) is 0 Å². The van der Waals surface area contributed by atoms with Gasteiger partial charge in [0.25, 0.3) is 11.5 Å². The smallest absolute Gasteiger partial charge is 0.264 e. The Kier molecular flexibility index (Phi) is 4.27. The molecule has 2 aromatic rings. The van der Waals surface area contributed by atoms with E-state index in [4.69, 9.17) is 5.11 Å². The first-order chi connectivity index (χ1) is 9.69. The number of carbonyl (C=O) groups is 1. The number of hydrogen-bond donors (Lipinski definition) is 3. The first kappa shape index (κ1) is 13.5. The van der Waals surface area contributed by atoms with Crippen LogP contribution in [-0.2, 0) is 0 Å². The molecule has 0 aliphatic carbocycles. The molecule has 0 spiro atoms. The van der Waals surface area contributed by atoms with Crippen molar-refractivity contribution in [1.29, 1.82) is 0 Å².